The topological polar surface area (TPSA) is 69.5 Å². The molecule has 1 saturated heterocycles. The van der Waals surface area contributed by atoms with Gasteiger partial charge in [0.05, 0.1) is 26.8 Å². The van der Waals surface area contributed by atoms with Crippen LogP contribution in [0.3, 0.4) is 0 Å². The molecular formula is C30H30N4O3. The second-order valence-corrected chi connectivity index (χ2v) is 8.99. The van der Waals surface area contributed by atoms with Crippen LogP contribution in [0.15, 0.2) is 85.3 Å². The quantitative estimate of drug-likeness (QED) is 0.307. The van der Waals surface area contributed by atoms with E-state index in [0.29, 0.717) is 13.1 Å². The number of benzene rings is 2. The minimum atomic E-state index is -0.0687. The van der Waals surface area contributed by atoms with E-state index in [2.05, 4.69) is 17.1 Å². The molecule has 0 radical (unpaired) electrons. The number of aromatic nitrogens is 3. The number of rotatable bonds is 8. The number of methoxy groups -OCH3 is 2. The van der Waals surface area contributed by atoms with Crippen molar-refractivity contribution in [3.8, 4) is 22.8 Å². The molecule has 188 valence electrons. The summed E-state index contributed by atoms with van der Waals surface area (Å²) >= 11 is 0. The Bertz CT molecular complexity index is 1380. The highest BCUT2D eigenvalue weighted by Crippen LogP contribution is 2.39. The number of hydrogen-bond acceptors (Lipinski definition) is 5. The van der Waals surface area contributed by atoms with Crippen LogP contribution < -0.4 is 9.47 Å². The van der Waals surface area contributed by atoms with Gasteiger partial charge in [-0.1, -0.05) is 30.3 Å². The molecular weight excluding hydrogens is 464 g/mol. The highest BCUT2D eigenvalue weighted by Gasteiger charge is 2.31. The fourth-order valence-corrected chi connectivity index (χ4v) is 4.85. The number of carbonyl (C=O) groups is 1. The molecule has 7 nitrogen and oxygen atoms in total. The van der Waals surface area contributed by atoms with Crippen molar-refractivity contribution in [2.75, 3.05) is 20.8 Å². The molecule has 1 aliphatic rings. The van der Waals surface area contributed by atoms with Gasteiger partial charge in [0.25, 0.3) is 0 Å². The van der Waals surface area contributed by atoms with Crippen LogP contribution in [0.25, 0.3) is 17.3 Å². The van der Waals surface area contributed by atoms with Crippen LogP contribution in [0.4, 0.5) is 0 Å². The standard InChI is InChI=1S/C30H30N4O3/c1-36-25-13-14-28(37-2)26(18-25)27-11-7-17-34(27)29(35)15-12-24-21-33(20-22-8-4-3-5-9-22)32-30(24)23-10-6-16-31-19-23/h3-6,8-10,12-16,18-19,21,27H,7,11,17,20H2,1-2H3/b15-12+. The minimum absolute atomic E-state index is 0.0414. The first-order valence-corrected chi connectivity index (χ1v) is 12.4. The molecule has 37 heavy (non-hydrogen) atoms. The van der Waals surface area contributed by atoms with E-state index in [9.17, 15) is 4.79 Å². The summed E-state index contributed by atoms with van der Waals surface area (Å²) < 4.78 is 12.9. The fourth-order valence-electron chi connectivity index (χ4n) is 4.85. The summed E-state index contributed by atoms with van der Waals surface area (Å²) in [4.78, 5) is 19.6. The average Bonchev–Trinajstić information content (AvgIpc) is 3.60. The van der Waals surface area contributed by atoms with E-state index in [1.807, 2.05) is 70.4 Å². The van der Waals surface area contributed by atoms with Crippen LogP contribution in [0.2, 0.25) is 0 Å². The largest absolute Gasteiger partial charge is 0.497 e. The van der Waals surface area contributed by atoms with Crippen molar-refractivity contribution in [2.45, 2.75) is 25.4 Å². The first-order chi connectivity index (χ1) is 18.2. The second-order valence-electron chi connectivity index (χ2n) is 8.99. The molecule has 1 fully saturated rings. The van der Waals surface area contributed by atoms with Crippen molar-refractivity contribution in [1.82, 2.24) is 19.7 Å². The molecule has 0 aliphatic carbocycles. The summed E-state index contributed by atoms with van der Waals surface area (Å²) in [6.07, 6.45) is 10.8. The van der Waals surface area contributed by atoms with Gasteiger partial charge in [-0.05, 0) is 54.8 Å². The molecule has 5 rings (SSSR count). The predicted molar refractivity (Wildman–Crippen MR) is 143 cm³/mol. The van der Waals surface area contributed by atoms with Gasteiger partial charge < -0.3 is 14.4 Å². The summed E-state index contributed by atoms with van der Waals surface area (Å²) in [6.45, 7) is 1.33. The van der Waals surface area contributed by atoms with Crippen LogP contribution >= 0.6 is 0 Å². The average molecular weight is 495 g/mol. The summed E-state index contributed by atoms with van der Waals surface area (Å²) in [5.41, 5.74) is 4.68. The fraction of sp³-hybridized carbons (Fsp3) is 0.233. The Morgan fingerprint density at radius 2 is 1.95 bits per heavy atom. The highest BCUT2D eigenvalue weighted by atomic mass is 16.5. The number of pyridine rings is 1. The first kappa shape index (κ1) is 24.3. The zero-order chi connectivity index (χ0) is 25.6. The molecule has 2 aromatic carbocycles. The van der Waals surface area contributed by atoms with Gasteiger partial charge in [-0.25, -0.2) is 0 Å². The van der Waals surface area contributed by atoms with E-state index in [0.717, 1.165) is 52.3 Å². The maximum Gasteiger partial charge on any atom is 0.247 e. The molecule has 0 saturated carbocycles. The molecule has 0 spiro atoms. The van der Waals surface area contributed by atoms with Gasteiger partial charge >= 0.3 is 0 Å². The number of hydrogen-bond donors (Lipinski definition) is 0. The molecule has 0 bridgehead atoms. The van der Waals surface area contributed by atoms with Gasteiger partial charge in [-0.3, -0.25) is 14.5 Å². The van der Waals surface area contributed by atoms with E-state index in [1.165, 1.54) is 0 Å². The van der Waals surface area contributed by atoms with Crippen LogP contribution in [0.5, 0.6) is 11.5 Å². The zero-order valence-corrected chi connectivity index (χ0v) is 21.1. The Labute approximate surface area is 217 Å². The Hall–Kier alpha value is -4.39. The van der Waals surface area contributed by atoms with Crippen LogP contribution in [-0.4, -0.2) is 46.3 Å². The smallest absolute Gasteiger partial charge is 0.247 e. The molecule has 1 atom stereocenters. The van der Waals surface area contributed by atoms with Crippen LogP contribution in [0, 0.1) is 0 Å². The van der Waals surface area contributed by atoms with Crippen LogP contribution in [-0.2, 0) is 11.3 Å². The molecule has 2 aromatic heterocycles. The van der Waals surface area contributed by atoms with Gasteiger partial charge in [0.1, 0.15) is 17.2 Å². The van der Waals surface area contributed by atoms with E-state index in [4.69, 9.17) is 14.6 Å². The number of carbonyl (C=O) groups excluding carboxylic acids is 1. The maximum atomic E-state index is 13.4. The van der Waals surface area contributed by atoms with Gasteiger partial charge in [-0.15, -0.1) is 0 Å². The lowest BCUT2D eigenvalue weighted by molar-refractivity contribution is -0.126. The third kappa shape index (κ3) is 5.40. The number of likely N-dealkylation sites (tertiary alicyclic amines) is 1. The molecule has 4 aromatic rings. The Morgan fingerprint density at radius 3 is 2.70 bits per heavy atom. The zero-order valence-electron chi connectivity index (χ0n) is 21.1. The van der Waals surface area contributed by atoms with Crippen molar-refractivity contribution in [2.24, 2.45) is 0 Å². The number of amides is 1. The highest BCUT2D eigenvalue weighted by molar-refractivity contribution is 5.93. The summed E-state index contributed by atoms with van der Waals surface area (Å²) in [5, 5.41) is 4.83. The summed E-state index contributed by atoms with van der Waals surface area (Å²) in [5.74, 6) is 1.47. The van der Waals surface area contributed by atoms with E-state index in [-0.39, 0.29) is 11.9 Å². The third-order valence-electron chi connectivity index (χ3n) is 6.65. The van der Waals surface area contributed by atoms with E-state index in [1.54, 1.807) is 32.7 Å². The van der Waals surface area contributed by atoms with Crippen molar-refractivity contribution in [3.63, 3.8) is 0 Å². The van der Waals surface area contributed by atoms with Crippen molar-refractivity contribution >= 4 is 12.0 Å². The predicted octanol–water partition coefficient (Wildman–Crippen LogP) is 5.39. The van der Waals surface area contributed by atoms with Crippen molar-refractivity contribution < 1.29 is 14.3 Å². The molecule has 1 amide bonds. The van der Waals surface area contributed by atoms with Crippen molar-refractivity contribution in [3.05, 3.63) is 102 Å². The van der Waals surface area contributed by atoms with Gasteiger partial charge in [0, 0.05) is 47.9 Å². The molecule has 1 unspecified atom stereocenters. The first-order valence-electron chi connectivity index (χ1n) is 12.4. The summed E-state index contributed by atoms with van der Waals surface area (Å²) in [7, 11) is 3.29. The van der Waals surface area contributed by atoms with Crippen LogP contribution in [0.1, 0.15) is 35.6 Å². The molecule has 0 N–H and O–H groups in total. The van der Waals surface area contributed by atoms with Gasteiger partial charge in [0.15, 0.2) is 0 Å². The Morgan fingerprint density at radius 1 is 1.08 bits per heavy atom. The summed E-state index contributed by atoms with van der Waals surface area (Å²) in [6, 6.07) is 19.7. The second kappa shape index (κ2) is 11.1. The number of nitrogens with zero attached hydrogens (tertiary/aromatic N) is 4. The third-order valence-corrected chi connectivity index (χ3v) is 6.65. The lowest BCUT2D eigenvalue weighted by Gasteiger charge is -2.25. The number of ether oxygens (including phenoxy) is 2. The Balaban J connectivity index is 1.42. The van der Waals surface area contributed by atoms with E-state index >= 15 is 0 Å². The monoisotopic (exact) mass is 494 g/mol. The molecule has 1 aliphatic heterocycles. The lowest BCUT2D eigenvalue weighted by Crippen LogP contribution is -2.29. The molecule has 3 heterocycles. The lowest BCUT2D eigenvalue weighted by atomic mass is 10.0. The maximum absolute atomic E-state index is 13.4. The minimum Gasteiger partial charge on any atom is -0.497 e. The van der Waals surface area contributed by atoms with Gasteiger partial charge in [0.2, 0.25) is 5.91 Å². The SMILES string of the molecule is COc1ccc(OC)c(C2CCCN2C(=O)/C=C/c2cn(Cc3ccccc3)nc2-c2cccnc2)c1. The van der Waals surface area contributed by atoms with Crippen molar-refractivity contribution in [1.29, 1.82) is 0 Å². The normalized spacial score (nSPS) is 15.3. The molecule has 7 heteroatoms. The Kier molecular flexibility index (Phi) is 7.31. The van der Waals surface area contributed by atoms with E-state index < -0.39 is 0 Å². The van der Waals surface area contributed by atoms with Gasteiger partial charge in [-0.2, -0.15) is 5.10 Å².